The fourth-order valence-corrected chi connectivity index (χ4v) is 5.54. The van der Waals surface area contributed by atoms with Gasteiger partial charge in [0.1, 0.15) is 6.04 Å². The highest BCUT2D eigenvalue weighted by atomic mass is 16.5. The highest BCUT2D eigenvalue weighted by molar-refractivity contribution is 6.07. The maximum atomic E-state index is 13.5. The molecule has 190 valence electrons. The summed E-state index contributed by atoms with van der Waals surface area (Å²) in [5.74, 6) is 1.07. The molecular formula is C25H34N4O6. The van der Waals surface area contributed by atoms with Gasteiger partial charge in [0, 0.05) is 30.5 Å². The van der Waals surface area contributed by atoms with Crippen molar-refractivity contribution in [1.29, 1.82) is 0 Å². The van der Waals surface area contributed by atoms with Crippen LogP contribution in [0.5, 0.6) is 11.5 Å². The number of rotatable bonds is 6. The van der Waals surface area contributed by atoms with Crippen molar-refractivity contribution in [2.24, 2.45) is 16.9 Å². The minimum atomic E-state index is -1.22. The van der Waals surface area contributed by atoms with Gasteiger partial charge in [-0.15, -0.1) is 0 Å². The van der Waals surface area contributed by atoms with E-state index in [1.54, 1.807) is 31.1 Å². The Morgan fingerprint density at radius 2 is 1.71 bits per heavy atom. The number of amides is 3. The van der Waals surface area contributed by atoms with Gasteiger partial charge >= 0.3 is 6.09 Å². The van der Waals surface area contributed by atoms with Crippen LogP contribution in [-0.2, 0) is 9.59 Å². The van der Waals surface area contributed by atoms with Crippen LogP contribution in [0.25, 0.3) is 0 Å². The predicted molar refractivity (Wildman–Crippen MR) is 129 cm³/mol. The van der Waals surface area contributed by atoms with Crippen LogP contribution in [0.1, 0.15) is 51.0 Å². The molecule has 0 bridgehead atoms. The molecule has 2 heterocycles. The lowest BCUT2D eigenvalue weighted by molar-refractivity contribution is -0.143. The van der Waals surface area contributed by atoms with Crippen molar-refractivity contribution >= 4 is 23.6 Å². The van der Waals surface area contributed by atoms with Crippen molar-refractivity contribution in [1.82, 2.24) is 15.2 Å². The molecule has 1 aliphatic carbocycles. The molecule has 3 atom stereocenters. The molecule has 1 aromatic rings. The van der Waals surface area contributed by atoms with Crippen molar-refractivity contribution in [3.05, 3.63) is 23.8 Å². The number of carbonyl (C=O) groups excluding carboxylic acids is 2. The average Bonchev–Trinajstić information content (AvgIpc) is 2.88. The zero-order valence-electron chi connectivity index (χ0n) is 20.5. The summed E-state index contributed by atoms with van der Waals surface area (Å²) in [4.78, 5) is 38.6. The number of carbonyl (C=O) groups is 3. The van der Waals surface area contributed by atoms with E-state index < -0.39 is 12.1 Å². The van der Waals surface area contributed by atoms with Crippen molar-refractivity contribution in [2.75, 3.05) is 27.3 Å². The highest BCUT2D eigenvalue weighted by Gasteiger charge is 2.44. The molecule has 0 aromatic heterocycles. The van der Waals surface area contributed by atoms with Crippen LogP contribution in [0.3, 0.4) is 0 Å². The summed E-state index contributed by atoms with van der Waals surface area (Å²) in [6.45, 7) is 2.45. The molecule has 1 saturated heterocycles. The normalized spacial score (nSPS) is 23.7. The second-order valence-corrected chi connectivity index (χ2v) is 9.46. The van der Waals surface area contributed by atoms with Crippen LogP contribution in [-0.4, -0.2) is 78.0 Å². The largest absolute Gasteiger partial charge is 0.493 e. The van der Waals surface area contributed by atoms with E-state index in [-0.39, 0.29) is 29.7 Å². The molecule has 1 saturated carbocycles. The summed E-state index contributed by atoms with van der Waals surface area (Å²) in [6.07, 6.45) is 3.85. The molecule has 10 nitrogen and oxygen atoms in total. The van der Waals surface area contributed by atoms with Gasteiger partial charge in [0.2, 0.25) is 11.8 Å². The number of hydrogen-bond donors (Lipinski definition) is 2. The van der Waals surface area contributed by atoms with Crippen LogP contribution in [0.15, 0.2) is 23.3 Å². The first-order valence-electron chi connectivity index (χ1n) is 12.3. The molecule has 3 aliphatic rings. The van der Waals surface area contributed by atoms with Gasteiger partial charge in [-0.1, -0.05) is 12.8 Å². The minimum Gasteiger partial charge on any atom is -0.493 e. The number of hydrazone groups is 1. The SMILES string of the molecule is COc1ccc(C2=NN(C3CCN(C(=O)[C@@H](C)NC(=O)O)CC3)C(=O)[C@@H]3CCCC[C@H]23)cc1OC. The Bertz CT molecular complexity index is 1000. The summed E-state index contributed by atoms with van der Waals surface area (Å²) in [6, 6.07) is 4.85. The number of likely N-dealkylation sites (tertiary alicyclic amines) is 1. The van der Waals surface area contributed by atoms with Crippen molar-refractivity contribution < 1.29 is 29.0 Å². The van der Waals surface area contributed by atoms with E-state index in [1.807, 2.05) is 18.2 Å². The maximum absolute atomic E-state index is 13.5. The van der Waals surface area contributed by atoms with Gasteiger partial charge in [-0.05, 0) is 50.8 Å². The number of carboxylic acid groups (broad SMARTS) is 1. The van der Waals surface area contributed by atoms with Crippen LogP contribution in [0, 0.1) is 11.8 Å². The Kier molecular flexibility index (Phi) is 7.47. The monoisotopic (exact) mass is 486 g/mol. The Balaban J connectivity index is 1.56. The second kappa shape index (κ2) is 10.5. The van der Waals surface area contributed by atoms with E-state index in [4.69, 9.17) is 19.7 Å². The van der Waals surface area contributed by atoms with E-state index in [1.165, 1.54) is 0 Å². The molecule has 0 unspecified atom stereocenters. The quantitative estimate of drug-likeness (QED) is 0.638. The Morgan fingerprint density at radius 3 is 2.34 bits per heavy atom. The van der Waals surface area contributed by atoms with E-state index in [2.05, 4.69) is 5.32 Å². The average molecular weight is 487 g/mol. The zero-order chi connectivity index (χ0) is 25.1. The van der Waals surface area contributed by atoms with Crippen LogP contribution < -0.4 is 14.8 Å². The molecule has 3 amide bonds. The third-order valence-corrected chi connectivity index (χ3v) is 7.39. The van der Waals surface area contributed by atoms with E-state index in [0.29, 0.717) is 37.4 Å². The van der Waals surface area contributed by atoms with Gasteiger partial charge in [-0.2, -0.15) is 5.10 Å². The van der Waals surface area contributed by atoms with E-state index >= 15 is 0 Å². The minimum absolute atomic E-state index is 0.0737. The maximum Gasteiger partial charge on any atom is 0.405 e. The molecule has 2 N–H and O–H groups in total. The number of ether oxygens (including phenoxy) is 2. The molecule has 1 aromatic carbocycles. The number of piperidine rings is 1. The number of methoxy groups -OCH3 is 2. The van der Waals surface area contributed by atoms with Crippen molar-refractivity contribution in [2.45, 2.75) is 57.5 Å². The lowest BCUT2D eigenvalue weighted by atomic mass is 9.73. The molecular weight excluding hydrogens is 452 g/mol. The van der Waals surface area contributed by atoms with Crippen molar-refractivity contribution in [3.63, 3.8) is 0 Å². The molecule has 2 aliphatic heterocycles. The summed E-state index contributed by atoms with van der Waals surface area (Å²) in [5.41, 5.74) is 1.84. The van der Waals surface area contributed by atoms with Crippen LogP contribution in [0.2, 0.25) is 0 Å². The van der Waals surface area contributed by atoms with Gasteiger partial charge in [0.25, 0.3) is 0 Å². The first kappa shape index (κ1) is 24.8. The Morgan fingerprint density at radius 1 is 1.06 bits per heavy atom. The fourth-order valence-electron chi connectivity index (χ4n) is 5.54. The summed E-state index contributed by atoms with van der Waals surface area (Å²) >= 11 is 0. The first-order chi connectivity index (χ1) is 16.8. The van der Waals surface area contributed by atoms with Gasteiger partial charge in [0.15, 0.2) is 11.5 Å². The van der Waals surface area contributed by atoms with Gasteiger partial charge < -0.3 is 24.8 Å². The van der Waals surface area contributed by atoms with E-state index in [0.717, 1.165) is 37.0 Å². The number of hydrogen-bond acceptors (Lipinski definition) is 6. The third-order valence-electron chi connectivity index (χ3n) is 7.39. The first-order valence-corrected chi connectivity index (χ1v) is 12.3. The summed E-state index contributed by atoms with van der Waals surface area (Å²) < 4.78 is 10.9. The Labute approximate surface area is 205 Å². The lowest BCUT2D eigenvalue weighted by Gasteiger charge is -2.43. The summed E-state index contributed by atoms with van der Waals surface area (Å²) in [5, 5.41) is 17.7. The predicted octanol–water partition coefficient (Wildman–Crippen LogP) is 2.70. The lowest BCUT2D eigenvalue weighted by Crippen LogP contribution is -2.55. The topological polar surface area (TPSA) is 121 Å². The van der Waals surface area contributed by atoms with Crippen LogP contribution >= 0.6 is 0 Å². The van der Waals surface area contributed by atoms with Crippen molar-refractivity contribution in [3.8, 4) is 11.5 Å². The highest BCUT2D eigenvalue weighted by Crippen LogP contribution is 2.40. The standard InChI is InChI=1S/C25H34N4O6/c1-15(26-25(32)33)23(30)28-12-10-17(11-13-28)29-24(31)19-7-5-4-6-18(19)22(27-29)16-8-9-20(34-2)21(14-16)35-3/h8-9,14-15,17-19,26H,4-7,10-13H2,1-3H3,(H,32,33)/t15-,18+,19-/m1/s1. The molecule has 35 heavy (non-hydrogen) atoms. The smallest absolute Gasteiger partial charge is 0.405 e. The zero-order valence-corrected chi connectivity index (χ0v) is 20.5. The molecule has 10 heteroatoms. The van der Waals surface area contributed by atoms with Gasteiger partial charge in [-0.3, -0.25) is 9.59 Å². The molecule has 0 radical (unpaired) electrons. The number of nitrogens with one attached hydrogen (secondary N) is 1. The number of benzene rings is 1. The molecule has 0 spiro atoms. The second-order valence-electron chi connectivity index (χ2n) is 9.46. The number of fused-ring (bicyclic) bond motifs is 1. The van der Waals surface area contributed by atoms with Crippen LogP contribution in [0.4, 0.5) is 4.79 Å². The molecule has 2 fully saturated rings. The van der Waals surface area contributed by atoms with Gasteiger partial charge in [-0.25, -0.2) is 9.80 Å². The Hall–Kier alpha value is -3.30. The fraction of sp³-hybridized carbons (Fsp3) is 0.600. The summed E-state index contributed by atoms with van der Waals surface area (Å²) in [7, 11) is 3.20. The molecule has 4 rings (SSSR count). The van der Waals surface area contributed by atoms with Gasteiger partial charge in [0.05, 0.1) is 26.0 Å². The number of nitrogens with zero attached hydrogens (tertiary/aromatic N) is 3. The third kappa shape index (κ3) is 5.06. The van der Waals surface area contributed by atoms with E-state index in [9.17, 15) is 14.4 Å².